The molecule has 0 aromatic heterocycles. The third-order valence-electron chi connectivity index (χ3n) is 17.9. The molecule has 0 heterocycles. The second-order valence-electron chi connectivity index (χ2n) is 25.7. The SMILES string of the molecule is CCCCCCCCC1(CCCCCCCC)c2cc(Br)ccc2-c2cccc([Si](c3cccc(C(C)(C)C)c3C(C)(C)C)c3cccc4c3C(CCCCCCCC)(CCCCCCCC)c3cc(Br)ccc3-4)c21. The van der Waals surface area contributed by atoms with Gasteiger partial charge in [0.15, 0.2) is 8.80 Å². The summed E-state index contributed by atoms with van der Waals surface area (Å²) in [4.78, 5) is 0. The van der Waals surface area contributed by atoms with Crippen molar-refractivity contribution >= 4 is 56.2 Å². The smallest absolute Gasteiger partial charge is 0.0654 e. The van der Waals surface area contributed by atoms with E-state index >= 15 is 0 Å². The molecule has 3 heteroatoms. The molecule has 0 saturated heterocycles. The highest BCUT2D eigenvalue weighted by molar-refractivity contribution is 9.10. The predicted molar refractivity (Wildman–Crippen MR) is 341 cm³/mol. The van der Waals surface area contributed by atoms with E-state index in [2.05, 4.69) is 192 Å². The van der Waals surface area contributed by atoms with Crippen molar-refractivity contribution in [3.05, 3.63) is 133 Å². The van der Waals surface area contributed by atoms with Crippen LogP contribution in [0.25, 0.3) is 22.3 Å². The van der Waals surface area contributed by atoms with Crippen LogP contribution < -0.4 is 15.6 Å². The number of halogens is 2. The van der Waals surface area contributed by atoms with E-state index in [1.165, 1.54) is 217 Å². The van der Waals surface area contributed by atoms with Crippen molar-refractivity contribution in [1.29, 1.82) is 0 Å². The number of hydrogen-bond acceptors (Lipinski definition) is 0. The molecule has 0 N–H and O–H groups in total. The van der Waals surface area contributed by atoms with Crippen molar-refractivity contribution in [3.8, 4) is 22.3 Å². The lowest BCUT2D eigenvalue weighted by Gasteiger charge is -2.40. The van der Waals surface area contributed by atoms with Crippen LogP contribution in [0.1, 0.15) is 282 Å². The maximum absolute atomic E-state index is 4.11. The maximum Gasteiger partial charge on any atom is 0.155 e. The monoisotopic (exact) mass is 1150 g/mol. The Kier molecular flexibility index (Phi) is 22.3. The first-order valence-electron chi connectivity index (χ1n) is 31.1. The Morgan fingerprint density at radius 3 is 1.04 bits per heavy atom. The van der Waals surface area contributed by atoms with E-state index in [4.69, 9.17) is 0 Å². The number of unbranched alkanes of at least 4 members (excludes halogenated alkanes) is 20. The van der Waals surface area contributed by atoms with E-state index in [0.717, 1.165) is 0 Å². The van der Waals surface area contributed by atoms with Gasteiger partial charge in [0.25, 0.3) is 0 Å². The molecule has 0 atom stereocenters. The third-order valence-corrected chi connectivity index (χ3v) is 21.8. The van der Waals surface area contributed by atoms with Crippen LogP contribution in [0.15, 0.2) is 99.9 Å². The van der Waals surface area contributed by atoms with Gasteiger partial charge in [-0.1, -0.05) is 322 Å². The minimum atomic E-state index is -1.70. The van der Waals surface area contributed by atoms with E-state index in [9.17, 15) is 0 Å². The molecule has 0 aliphatic heterocycles. The number of benzene rings is 5. The van der Waals surface area contributed by atoms with Gasteiger partial charge in [0, 0.05) is 19.8 Å². The van der Waals surface area contributed by atoms with Crippen molar-refractivity contribution in [2.75, 3.05) is 0 Å². The van der Waals surface area contributed by atoms with E-state index in [0.29, 0.717) is 0 Å². The van der Waals surface area contributed by atoms with Crippen LogP contribution in [0.4, 0.5) is 0 Å². The van der Waals surface area contributed by atoms with Gasteiger partial charge in [-0.3, -0.25) is 0 Å². The summed E-state index contributed by atoms with van der Waals surface area (Å²) in [6.07, 6.45) is 36.6. The maximum atomic E-state index is 4.11. The molecular weight excluding hydrogens is 1050 g/mol. The fourth-order valence-electron chi connectivity index (χ4n) is 14.3. The first-order chi connectivity index (χ1) is 36.2. The Hall–Kier alpha value is -2.72. The Morgan fingerprint density at radius 2 is 0.693 bits per heavy atom. The van der Waals surface area contributed by atoms with E-state index in [-0.39, 0.29) is 21.7 Å². The van der Waals surface area contributed by atoms with Crippen molar-refractivity contribution in [3.63, 3.8) is 0 Å². The predicted octanol–water partition coefficient (Wildman–Crippen LogP) is 21.9. The summed E-state index contributed by atoms with van der Waals surface area (Å²) in [6, 6.07) is 38.0. The summed E-state index contributed by atoms with van der Waals surface area (Å²) < 4.78 is 2.45. The molecule has 407 valence electrons. The summed E-state index contributed by atoms with van der Waals surface area (Å²) in [5.41, 5.74) is 15.5. The Balaban J connectivity index is 1.56. The molecule has 0 spiro atoms. The second-order valence-corrected chi connectivity index (χ2v) is 29.9. The lowest BCUT2D eigenvalue weighted by Crippen LogP contribution is -2.59. The van der Waals surface area contributed by atoms with Crippen LogP contribution in [-0.2, 0) is 21.7 Å². The van der Waals surface area contributed by atoms with Gasteiger partial charge >= 0.3 is 0 Å². The largest absolute Gasteiger partial charge is 0.155 e. The van der Waals surface area contributed by atoms with Crippen LogP contribution in [0, 0.1) is 0 Å². The minimum absolute atomic E-state index is 0.00742. The van der Waals surface area contributed by atoms with Gasteiger partial charge in [0.2, 0.25) is 0 Å². The topological polar surface area (TPSA) is 0 Å². The molecule has 5 aromatic rings. The van der Waals surface area contributed by atoms with Gasteiger partial charge in [0.05, 0.1) is 0 Å². The van der Waals surface area contributed by atoms with Crippen LogP contribution in [0.2, 0.25) is 0 Å². The van der Waals surface area contributed by atoms with Gasteiger partial charge in [-0.25, -0.2) is 0 Å². The molecule has 2 aliphatic rings. The van der Waals surface area contributed by atoms with E-state index in [1.807, 2.05) is 0 Å². The van der Waals surface area contributed by atoms with Crippen molar-refractivity contribution in [1.82, 2.24) is 0 Å². The highest BCUT2D eigenvalue weighted by Gasteiger charge is 2.49. The van der Waals surface area contributed by atoms with Gasteiger partial charge in [0.1, 0.15) is 0 Å². The third kappa shape index (κ3) is 13.8. The molecule has 0 unspecified atom stereocenters. The molecule has 0 fully saturated rings. The van der Waals surface area contributed by atoms with Gasteiger partial charge < -0.3 is 0 Å². The van der Waals surface area contributed by atoms with Crippen LogP contribution >= 0.6 is 31.9 Å². The highest BCUT2D eigenvalue weighted by Crippen LogP contribution is 2.57. The normalized spacial score (nSPS) is 14.4. The molecule has 5 aromatic carbocycles. The van der Waals surface area contributed by atoms with Crippen LogP contribution in [0.3, 0.4) is 0 Å². The van der Waals surface area contributed by atoms with Crippen LogP contribution in [0.5, 0.6) is 0 Å². The van der Waals surface area contributed by atoms with E-state index < -0.39 is 8.80 Å². The lowest BCUT2D eigenvalue weighted by atomic mass is 9.70. The summed E-state index contributed by atoms with van der Waals surface area (Å²) in [5.74, 6) is 0. The average molecular weight is 1150 g/mol. The molecule has 7 rings (SSSR count). The van der Waals surface area contributed by atoms with Crippen molar-refractivity contribution in [2.24, 2.45) is 0 Å². The Bertz CT molecular complexity index is 2410. The summed E-state index contributed by atoms with van der Waals surface area (Å²) in [7, 11) is -1.70. The molecule has 0 saturated carbocycles. The molecular formula is C72H101Br2Si. The summed E-state index contributed by atoms with van der Waals surface area (Å²) >= 11 is 8.21. The zero-order valence-electron chi connectivity index (χ0n) is 49.2. The minimum Gasteiger partial charge on any atom is -0.0654 e. The number of hydrogen-bond donors (Lipinski definition) is 0. The Morgan fingerprint density at radius 1 is 0.360 bits per heavy atom. The van der Waals surface area contributed by atoms with Crippen molar-refractivity contribution in [2.45, 2.75) is 271 Å². The average Bonchev–Trinajstić information content (AvgIpc) is 3.87. The first kappa shape index (κ1) is 59.9. The van der Waals surface area contributed by atoms with Gasteiger partial charge in [-0.05, 0) is 132 Å². The zero-order valence-corrected chi connectivity index (χ0v) is 53.4. The standard InChI is InChI=1S/C72H101Br2Si/c1-11-15-19-23-27-31-48-71(49-32-28-24-20-16-12-2)61-52-54(73)44-46-56(61)58-38-35-41-63(66(58)71)75(65-43-37-40-60(69(5,6)7)68(65)70(8,9)10)64-42-36-39-59-57-47-45-55(74)53-62(57)72(67(59)64,50-33-29-25-21-17-13-3)51-34-30-26-22-18-14-4/h35-47,52-53H,11-34,48-51H2,1-10H3. The number of fused-ring (bicyclic) bond motifs is 6. The summed E-state index contributed by atoms with van der Waals surface area (Å²) in [5, 5.41) is 4.95. The molecule has 0 bridgehead atoms. The molecule has 2 aliphatic carbocycles. The van der Waals surface area contributed by atoms with E-state index in [1.54, 1.807) is 43.4 Å². The quantitative estimate of drug-likeness (QED) is 0.0236. The van der Waals surface area contributed by atoms with Crippen LogP contribution in [-0.4, -0.2) is 8.80 Å². The first-order valence-corrected chi connectivity index (χ1v) is 34.2. The Labute approximate surface area is 479 Å². The molecule has 0 nitrogen and oxygen atoms in total. The van der Waals surface area contributed by atoms with Gasteiger partial charge in [-0.2, -0.15) is 0 Å². The van der Waals surface area contributed by atoms with Crippen molar-refractivity contribution < 1.29 is 0 Å². The second kappa shape index (κ2) is 27.9. The fraction of sp³-hybridized carbons (Fsp3) is 0.583. The van der Waals surface area contributed by atoms with Gasteiger partial charge in [-0.15, -0.1) is 0 Å². The molecule has 0 amide bonds. The highest BCUT2D eigenvalue weighted by atomic mass is 79.9. The lowest BCUT2D eigenvalue weighted by molar-refractivity contribution is 0.398. The number of rotatable bonds is 31. The molecule has 75 heavy (non-hydrogen) atoms. The fourth-order valence-corrected chi connectivity index (χ4v) is 18.7. The molecule has 1 radical (unpaired) electrons. The summed E-state index contributed by atoms with van der Waals surface area (Å²) in [6.45, 7) is 24.4. The zero-order chi connectivity index (χ0) is 53.6.